The Kier molecular flexibility index (Phi) is 7.01. The molecule has 2 aromatic rings. The first-order valence-electron chi connectivity index (χ1n) is 8.63. The van der Waals surface area contributed by atoms with Gasteiger partial charge in [0, 0.05) is 32.0 Å². The van der Waals surface area contributed by atoms with Crippen LogP contribution in [-0.2, 0) is 16.0 Å². The lowest BCUT2D eigenvalue weighted by Gasteiger charge is -2.18. The first kappa shape index (κ1) is 20.5. The van der Waals surface area contributed by atoms with Crippen molar-refractivity contribution in [2.24, 2.45) is 0 Å². The third kappa shape index (κ3) is 4.68. The molecule has 7 nitrogen and oxygen atoms in total. The summed E-state index contributed by atoms with van der Waals surface area (Å²) in [6.45, 7) is 4.35. The number of rotatable bonds is 8. The van der Waals surface area contributed by atoms with Crippen LogP contribution in [0.5, 0.6) is 5.75 Å². The van der Waals surface area contributed by atoms with Crippen molar-refractivity contribution in [3.63, 3.8) is 0 Å². The van der Waals surface area contributed by atoms with Crippen LogP contribution < -0.4 is 4.74 Å². The minimum Gasteiger partial charge on any atom is -0.496 e. The summed E-state index contributed by atoms with van der Waals surface area (Å²) in [6, 6.07) is 7.54. The number of aryl methyl sites for hydroxylation is 1. The van der Waals surface area contributed by atoms with Crippen LogP contribution in [0.15, 0.2) is 24.3 Å². The third-order valence-electron chi connectivity index (χ3n) is 4.32. The van der Waals surface area contributed by atoms with Gasteiger partial charge in [-0.2, -0.15) is 0 Å². The smallest absolute Gasteiger partial charge is 0.340 e. The Morgan fingerprint density at radius 2 is 1.81 bits per heavy atom. The Morgan fingerprint density at radius 1 is 1.11 bits per heavy atom. The van der Waals surface area contributed by atoms with Crippen molar-refractivity contribution in [3.05, 3.63) is 52.3 Å². The largest absolute Gasteiger partial charge is 0.496 e. The van der Waals surface area contributed by atoms with Gasteiger partial charge >= 0.3 is 5.97 Å². The Balaban J connectivity index is 2.18. The number of nitrogens with zero attached hydrogens (tertiary/aromatic N) is 1. The van der Waals surface area contributed by atoms with Gasteiger partial charge in [-0.15, -0.1) is 0 Å². The van der Waals surface area contributed by atoms with Crippen molar-refractivity contribution in [3.8, 4) is 5.75 Å². The quantitative estimate of drug-likeness (QED) is 0.568. The number of carbonyl (C=O) groups is 2. The predicted molar refractivity (Wildman–Crippen MR) is 101 cm³/mol. The predicted octanol–water partition coefficient (Wildman–Crippen LogP) is 2.72. The van der Waals surface area contributed by atoms with E-state index >= 15 is 0 Å². The molecule has 0 aliphatic rings. The van der Waals surface area contributed by atoms with Gasteiger partial charge in [0.1, 0.15) is 18.1 Å². The number of hydrogen-bond acceptors (Lipinski definition) is 5. The van der Waals surface area contributed by atoms with E-state index in [1.807, 2.05) is 24.3 Å². The molecule has 1 aromatic heterocycles. The van der Waals surface area contributed by atoms with Crippen LogP contribution in [0.1, 0.15) is 37.7 Å². The molecular formula is C20H26N2O5. The van der Waals surface area contributed by atoms with Crippen molar-refractivity contribution in [1.82, 2.24) is 9.88 Å². The molecule has 1 heterocycles. The molecule has 0 spiro atoms. The van der Waals surface area contributed by atoms with Crippen LogP contribution in [0.3, 0.4) is 0 Å². The third-order valence-corrected chi connectivity index (χ3v) is 4.32. The van der Waals surface area contributed by atoms with E-state index in [1.54, 1.807) is 32.9 Å². The van der Waals surface area contributed by atoms with Gasteiger partial charge in [0.15, 0.2) is 0 Å². The van der Waals surface area contributed by atoms with E-state index in [-0.39, 0.29) is 12.5 Å². The minimum atomic E-state index is -0.468. The van der Waals surface area contributed by atoms with Crippen LogP contribution in [0.4, 0.5) is 0 Å². The number of nitrogens with one attached hydrogen (secondary N) is 1. The summed E-state index contributed by atoms with van der Waals surface area (Å²) in [7, 11) is 4.84. The summed E-state index contributed by atoms with van der Waals surface area (Å²) in [4.78, 5) is 29.8. The fourth-order valence-corrected chi connectivity index (χ4v) is 2.91. The summed E-state index contributed by atoms with van der Waals surface area (Å²) in [5.41, 5.74) is 2.84. The van der Waals surface area contributed by atoms with Crippen molar-refractivity contribution in [1.29, 1.82) is 0 Å². The number of ether oxygens (including phenoxy) is 3. The van der Waals surface area contributed by atoms with Gasteiger partial charge in [0.2, 0.25) is 0 Å². The number of amides is 1. The molecule has 0 saturated heterocycles. The van der Waals surface area contributed by atoms with Gasteiger partial charge in [-0.1, -0.05) is 18.2 Å². The van der Waals surface area contributed by atoms with E-state index in [0.29, 0.717) is 35.7 Å². The Hall–Kier alpha value is -2.80. The second-order valence-corrected chi connectivity index (χ2v) is 6.23. The monoisotopic (exact) mass is 374 g/mol. The number of aromatic nitrogens is 1. The maximum absolute atomic E-state index is 12.9. The van der Waals surface area contributed by atoms with Crippen molar-refractivity contribution in [2.45, 2.75) is 20.4 Å². The highest BCUT2D eigenvalue weighted by atomic mass is 16.6. The van der Waals surface area contributed by atoms with Gasteiger partial charge < -0.3 is 24.1 Å². The lowest BCUT2D eigenvalue weighted by Crippen LogP contribution is -2.27. The average molecular weight is 374 g/mol. The molecular weight excluding hydrogens is 348 g/mol. The van der Waals surface area contributed by atoms with Crippen LogP contribution in [-0.4, -0.2) is 56.2 Å². The Labute approximate surface area is 159 Å². The average Bonchev–Trinajstić information content (AvgIpc) is 2.95. The van der Waals surface area contributed by atoms with Gasteiger partial charge in [-0.3, -0.25) is 4.79 Å². The van der Waals surface area contributed by atoms with Crippen LogP contribution in [0.25, 0.3) is 0 Å². The number of esters is 1. The number of carbonyl (C=O) groups excluding carboxylic acids is 2. The summed E-state index contributed by atoms with van der Waals surface area (Å²) in [5, 5.41) is 0. The molecule has 0 aliphatic heterocycles. The molecule has 0 radical (unpaired) electrons. The molecule has 146 valence electrons. The maximum atomic E-state index is 12.9. The molecule has 0 fully saturated rings. The summed E-state index contributed by atoms with van der Waals surface area (Å²) >= 11 is 0. The zero-order chi connectivity index (χ0) is 20.0. The molecule has 1 aromatic carbocycles. The second-order valence-electron chi connectivity index (χ2n) is 6.23. The van der Waals surface area contributed by atoms with Crippen molar-refractivity contribution >= 4 is 11.9 Å². The Bertz CT molecular complexity index is 813. The van der Waals surface area contributed by atoms with E-state index in [1.165, 1.54) is 7.11 Å². The van der Waals surface area contributed by atoms with Gasteiger partial charge in [-0.25, -0.2) is 4.79 Å². The zero-order valence-electron chi connectivity index (χ0n) is 16.4. The molecule has 2 rings (SSSR count). The van der Waals surface area contributed by atoms with Crippen LogP contribution in [0, 0.1) is 13.8 Å². The molecule has 0 bridgehead atoms. The molecule has 0 saturated carbocycles. The summed E-state index contributed by atoms with van der Waals surface area (Å²) in [6.07, 6.45) is 0. The zero-order valence-corrected chi connectivity index (χ0v) is 16.4. The standard InChI is InChI=1S/C20H26N2O5/c1-13-17(20(24)27-11-10-25-4)14(2)21-18(13)19(23)22(3)12-15-8-6-7-9-16(15)26-5/h6-9,21H,10-12H2,1-5H3. The lowest BCUT2D eigenvalue weighted by atomic mass is 10.1. The SMILES string of the molecule is COCCOC(=O)c1c(C)[nH]c(C(=O)N(C)Cc2ccccc2OC)c1C. The normalized spacial score (nSPS) is 10.6. The van der Waals surface area contributed by atoms with Crippen molar-refractivity contribution < 1.29 is 23.8 Å². The van der Waals surface area contributed by atoms with Gasteiger partial charge in [0.25, 0.3) is 5.91 Å². The van der Waals surface area contributed by atoms with E-state index in [0.717, 1.165) is 11.3 Å². The Morgan fingerprint density at radius 3 is 2.48 bits per heavy atom. The highest BCUT2D eigenvalue weighted by Crippen LogP contribution is 2.23. The highest BCUT2D eigenvalue weighted by molar-refractivity contribution is 6.00. The van der Waals surface area contributed by atoms with Crippen molar-refractivity contribution in [2.75, 3.05) is 34.5 Å². The molecule has 0 atom stereocenters. The fourth-order valence-electron chi connectivity index (χ4n) is 2.91. The van der Waals surface area contributed by atoms with Gasteiger partial charge in [-0.05, 0) is 25.5 Å². The first-order valence-corrected chi connectivity index (χ1v) is 8.63. The van der Waals surface area contributed by atoms with Crippen LogP contribution >= 0.6 is 0 Å². The molecule has 27 heavy (non-hydrogen) atoms. The van der Waals surface area contributed by atoms with Crippen LogP contribution in [0.2, 0.25) is 0 Å². The van der Waals surface area contributed by atoms with E-state index in [2.05, 4.69) is 4.98 Å². The summed E-state index contributed by atoms with van der Waals surface area (Å²) < 4.78 is 15.4. The molecule has 7 heteroatoms. The fraction of sp³-hybridized carbons (Fsp3) is 0.400. The lowest BCUT2D eigenvalue weighted by molar-refractivity contribution is 0.0387. The molecule has 1 N–H and O–H groups in total. The molecule has 0 aliphatic carbocycles. The number of methoxy groups -OCH3 is 2. The van der Waals surface area contributed by atoms with E-state index in [4.69, 9.17) is 14.2 Å². The minimum absolute atomic E-state index is 0.163. The number of H-pyrrole nitrogens is 1. The molecule has 0 unspecified atom stereocenters. The first-order chi connectivity index (χ1) is 12.9. The number of benzene rings is 1. The van der Waals surface area contributed by atoms with E-state index < -0.39 is 5.97 Å². The second kappa shape index (κ2) is 9.23. The number of hydrogen-bond donors (Lipinski definition) is 1. The topological polar surface area (TPSA) is 80.9 Å². The molecule has 1 amide bonds. The summed E-state index contributed by atoms with van der Waals surface area (Å²) in [5.74, 6) is 0.0427. The van der Waals surface area contributed by atoms with Gasteiger partial charge in [0.05, 0.1) is 19.3 Å². The maximum Gasteiger partial charge on any atom is 0.340 e. The van der Waals surface area contributed by atoms with E-state index in [9.17, 15) is 9.59 Å². The number of aromatic amines is 1. The highest BCUT2D eigenvalue weighted by Gasteiger charge is 2.25. The number of para-hydroxylation sites is 1.